The number of hydrogen-bond donors (Lipinski definition) is 0. The second kappa shape index (κ2) is 6.33. The molecule has 0 saturated carbocycles. The lowest BCUT2D eigenvalue weighted by molar-refractivity contribution is -0.384. The standard InChI is InChI=1S/C17H12ClNO5/c1-2-23-11-4-5-12-16(8-11)24-9-13(17(12)20)10-3-6-15(19(21)22)14(18)7-10/h3-9H,2H2,1H3. The molecular weight excluding hydrogens is 334 g/mol. The van der Waals surface area contributed by atoms with Gasteiger partial charge in [0.05, 0.1) is 22.5 Å². The van der Waals surface area contributed by atoms with Crippen LogP contribution in [0.15, 0.2) is 51.9 Å². The molecule has 6 nitrogen and oxygen atoms in total. The molecule has 0 fully saturated rings. The van der Waals surface area contributed by atoms with Gasteiger partial charge in [-0.15, -0.1) is 0 Å². The molecule has 7 heteroatoms. The minimum atomic E-state index is -0.579. The van der Waals surface area contributed by atoms with Gasteiger partial charge in [-0.3, -0.25) is 14.9 Å². The number of ether oxygens (including phenoxy) is 1. The van der Waals surface area contributed by atoms with Crippen LogP contribution < -0.4 is 10.2 Å². The highest BCUT2D eigenvalue weighted by molar-refractivity contribution is 6.32. The SMILES string of the molecule is CCOc1ccc2c(=O)c(-c3ccc([N+](=O)[O-])c(Cl)c3)coc2c1. The summed E-state index contributed by atoms with van der Waals surface area (Å²) >= 11 is 5.91. The molecule has 0 bridgehead atoms. The van der Waals surface area contributed by atoms with Crippen LogP contribution in [0.5, 0.6) is 5.75 Å². The first-order valence-electron chi connectivity index (χ1n) is 7.14. The third-order valence-corrected chi connectivity index (χ3v) is 3.82. The molecule has 0 amide bonds. The predicted octanol–water partition coefficient (Wildman–Crippen LogP) is 4.42. The molecule has 2 aromatic carbocycles. The van der Waals surface area contributed by atoms with Gasteiger partial charge in [0.1, 0.15) is 22.6 Å². The number of benzene rings is 2. The minimum absolute atomic E-state index is 0.0382. The van der Waals surface area contributed by atoms with E-state index in [2.05, 4.69) is 0 Å². The van der Waals surface area contributed by atoms with Crippen molar-refractivity contribution >= 4 is 28.3 Å². The van der Waals surface area contributed by atoms with Gasteiger partial charge in [-0.25, -0.2) is 0 Å². The van der Waals surface area contributed by atoms with Gasteiger partial charge < -0.3 is 9.15 Å². The van der Waals surface area contributed by atoms with E-state index in [9.17, 15) is 14.9 Å². The van der Waals surface area contributed by atoms with Crippen LogP contribution in [0, 0.1) is 10.1 Å². The molecule has 3 rings (SSSR count). The Hall–Kier alpha value is -2.86. The van der Waals surface area contributed by atoms with Crippen LogP contribution in [0.2, 0.25) is 5.02 Å². The molecular formula is C17H12ClNO5. The summed E-state index contributed by atoms with van der Waals surface area (Å²) in [5.74, 6) is 0.610. The first-order valence-corrected chi connectivity index (χ1v) is 7.51. The lowest BCUT2D eigenvalue weighted by atomic mass is 10.1. The van der Waals surface area contributed by atoms with Gasteiger partial charge in [0.15, 0.2) is 5.43 Å². The monoisotopic (exact) mass is 345 g/mol. The Labute approximate surface area is 141 Å². The Bertz CT molecular complexity index is 996. The number of fused-ring (bicyclic) bond motifs is 1. The molecule has 0 spiro atoms. The Morgan fingerprint density at radius 1 is 1.25 bits per heavy atom. The molecule has 1 aromatic heterocycles. The summed E-state index contributed by atoms with van der Waals surface area (Å²) in [4.78, 5) is 22.9. The number of nitrogens with zero attached hydrogens (tertiary/aromatic N) is 1. The summed E-state index contributed by atoms with van der Waals surface area (Å²) in [6.07, 6.45) is 1.32. The molecule has 0 aliphatic heterocycles. The van der Waals surface area contributed by atoms with Crippen molar-refractivity contribution < 1.29 is 14.1 Å². The maximum absolute atomic E-state index is 12.7. The topological polar surface area (TPSA) is 82.6 Å². The molecule has 0 saturated heterocycles. The Balaban J connectivity index is 2.12. The van der Waals surface area contributed by atoms with Crippen molar-refractivity contribution in [2.45, 2.75) is 6.92 Å². The molecule has 0 aliphatic rings. The van der Waals surface area contributed by atoms with Gasteiger partial charge in [0.2, 0.25) is 0 Å². The zero-order chi connectivity index (χ0) is 17.3. The van der Waals surface area contributed by atoms with Crippen LogP contribution in [-0.4, -0.2) is 11.5 Å². The van der Waals surface area contributed by atoms with Crippen LogP contribution in [0.25, 0.3) is 22.1 Å². The normalized spacial score (nSPS) is 10.8. The predicted molar refractivity (Wildman–Crippen MR) is 90.8 cm³/mol. The van der Waals surface area contributed by atoms with Gasteiger partial charge in [-0.1, -0.05) is 11.6 Å². The van der Waals surface area contributed by atoms with E-state index in [0.717, 1.165) is 0 Å². The highest BCUT2D eigenvalue weighted by Gasteiger charge is 2.15. The largest absolute Gasteiger partial charge is 0.494 e. The molecule has 3 aromatic rings. The van der Waals surface area contributed by atoms with E-state index >= 15 is 0 Å². The van der Waals surface area contributed by atoms with Crippen LogP contribution in [-0.2, 0) is 0 Å². The van der Waals surface area contributed by atoms with Crippen molar-refractivity contribution in [2.24, 2.45) is 0 Å². The van der Waals surface area contributed by atoms with Gasteiger partial charge in [-0.2, -0.15) is 0 Å². The molecule has 0 N–H and O–H groups in total. The highest BCUT2D eigenvalue weighted by Crippen LogP contribution is 2.30. The summed E-state index contributed by atoms with van der Waals surface area (Å²) in [5.41, 5.74) is 0.678. The van der Waals surface area contributed by atoms with Crippen LogP contribution >= 0.6 is 11.6 Å². The van der Waals surface area contributed by atoms with Crippen molar-refractivity contribution in [1.29, 1.82) is 0 Å². The van der Waals surface area contributed by atoms with Gasteiger partial charge >= 0.3 is 0 Å². The van der Waals surface area contributed by atoms with Crippen molar-refractivity contribution in [1.82, 2.24) is 0 Å². The smallest absolute Gasteiger partial charge is 0.287 e. The van der Waals surface area contributed by atoms with E-state index in [-0.39, 0.29) is 21.7 Å². The van der Waals surface area contributed by atoms with E-state index in [1.807, 2.05) is 6.92 Å². The van der Waals surface area contributed by atoms with Crippen molar-refractivity contribution in [3.05, 3.63) is 68.0 Å². The second-order valence-electron chi connectivity index (χ2n) is 4.99. The maximum Gasteiger partial charge on any atom is 0.287 e. The van der Waals surface area contributed by atoms with Gasteiger partial charge in [-0.05, 0) is 36.8 Å². The van der Waals surface area contributed by atoms with Gasteiger partial charge in [0.25, 0.3) is 5.69 Å². The summed E-state index contributed by atoms with van der Waals surface area (Å²) in [5, 5.41) is 11.2. The van der Waals surface area contributed by atoms with E-state index < -0.39 is 4.92 Å². The first-order chi connectivity index (χ1) is 11.5. The third kappa shape index (κ3) is 2.83. The Morgan fingerprint density at radius 2 is 2.04 bits per heavy atom. The molecule has 24 heavy (non-hydrogen) atoms. The molecule has 122 valence electrons. The highest BCUT2D eigenvalue weighted by atomic mass is 35.5. The minimum Gasteiger partial charge on any atom is -0.494 e. The summed E-state index contributed by atoms with van der Waals surface area (Å²) in [6.45, 7) is 2.37. The average molecular weight is 346 g/mol. The van der Waals surface area contributed by atoms with E-state index in [0.29, 0.717) is 28.9 Å². The first kappa shape index (κ1) is 16.0. The van der Waals surface area contributed by atoms with Crippen molar-refractivity contribution in [3.8, 4) is 16.9 Å². The van der Waals surface area contributed by atoms with Crippen LogP contribution in [0.1, 0.15) is 6.92 Å². The third-order valence-electron chi connectivity index (χ3n) is 3.51. The Morgan fingerprint density at radius 3 is 2.71 bits per heavy atom. The number of halogens is 1. The van der Waals surface area contributed by atoms with E-state index in [1.54, 1.807) is 18.2 Å². The molecule has 0 atom stereocenters. The summed E-state index contributed by atoms with van der Waals surface area (Å²) < 4.78 is 10.9. The van der Waals surface area contributed by atoms with Gasteiger partial charge in [0, 0.05) is 12.1 Å². The van der Waals surface area contributed by atoms with E-state index in [1.165, 1.54) is 24.5 Å². The lowest BCUT2D eigenvalue weighted by Gasteiger charge is -2.06. The number of nitro groups is 1. The molecule has 1 heterocycles. The number of rotatable bonds is 4. The van der Waals surface area contributed by atoms with Crippen LogP contribution in [0.4, 0.5) is 5.69 Å². The van der Waals surface area contributed by atoms with Crippen LogP contribution in [0.3, 0.4) is 0 Å². The zero-order valence-electron chi connectivity index (χ0n) is 12.6. The second-order valence-corrected chi connectivity index (χ2v) is 5.40. The molecule has 0 unspecified atom stereocenters. The molecule has 0 aliphatic carbocycles. The fourth-order valence-corrected chi connectivity index (χ4v) is 2.64. The number of nitro benzene ring substituents is 1. The van der Waals surface area contributed by atoms with Crippen molar-refractivity contribution in [2.75, 3.05) is 6.61 Å². The molecule has 0 radical (unpaired) electrons. The maximum atomic E-state index is 12.7. The summed E-state index contributed by atoms with van der Waals surface area (Å²) in [6, 6.07) is 9.08. The Kier molecular flexibility index (Phi) is 4.22. The zero-order valence-corrected chi connectivity index (χ0v) is 13.4. The lowest BCUT2D eigenvalue weighted by Crippen LogP contribution is -2.05. The summed E-state index contributed by atoms with van der Waals surface area (Å²) in [7, 11) is 0. The average Bonchev–Trinajstić information content (AvgIpc) is 2.55. The fourth-order valence-electron chi connectivity index (χ4n) is 2.39. The van der Waals surface area contributed by atoms with Crippen molar-refractivity contribution in [3.63, 3.8) is 0 Å². The fraction of sp³-hybridized carbons (Fsp3) is 0.118. The van der Waals surface area contributed by atoms with E-state index in [4.69, 9.17) is 20.8 Å². The number of hydrogen-bond acceptors (Lipinski definition) is 5. The quantitative estimate of drug-likeness (QED) is 0.516.